The van der Waals surface area contributed by atoms with Gasteiger partial charge < -0.3 is 13.9 Å². The number of oxazole rings is 1. The zero-order chi connectivity index (χ0) is 19.5. The van der Waals surface area contributed by atoms with E-state index in [1.165, 1.54) is 7.11 Å². The van der Waals surface area contributed by atoms with Crippen LogP contribution in [0.1, 0.15) is 15.9 Å². The Morgan fingerprint density at radius 2 is 1.89 bits per heavy atom. The van der Waals surface area contributed by atoms with E-state index in [0.717, 1.165) is 5.56 Å². The monoisotopic (exact) mass is 393 g/mol. The van der Waals surface area contributed by atoms with Gasteiger partial charge in [0, 0.05) is 5.56 Å². The van der Waals surface area contributed by atoms with Crippen LogP contribution >= 0.6 is 11.6 Å². The summed E-state index contributed by atoms with van der Waals surface area (Å²) in [6.07, 6.45) is 0. The summed E-state index contributed by atoms with van der Waals surface area (Å²) in [5.41, 5.74) is 3.32. The summed E-state index contributed by atoms with van der Waals surface area (Å²) in [7, 11) is 1.34. The molecule has 0 radical (unpaired) electrons. The SMILES string of the molecule is COC(=O)c1ccc2nc(-c3ccc(OCc4ccccc4)c(Cl)c3)oc2c1. The van der Waals surface area contributed by atoms with Crippen molar-refractivity contribution in [3.05, 3.63) is 82.9 Å². The highest BCUT2D eigenvalue weighted by atomic mass is 35.5. The highest BCUT2D eigenvalue weighted by molar-refractivity contribution is 6.32. The van der Waals surface area contributed by atoms with Crippen molar-refractivity contribution < 1.29 is 18.7 Å². The van der Waals surface area contributed by atoms with Crippen LogP contribution in [0.4, 0.5) is 0 Å². The van der Waals surface area contributed by atoms with Crippen molar-refractivity contribution in [1.29, 1.82) is 0 Å². The summed E-state index contributed by atoms with van der Waals surface area (Å²) >= 11 is 6.37. The van der Waals surface area contributed by atoms with Crippen LogP contribution in [-0.4, -0.2) is 18.1 Å². The molecule has 4 rings (SSSR count). The molecular weight excluding hydrogens is 378 g/mol. The number of carbonyl (C=O) groups excluding carboxylic acids is 1. The van der Waals surface area contributed by atoms with Gasteiger partial charge in [0.05, 0.1) is 17.7 Å². The quantitative estimate of drug-likeness (QED) is 0.418. The summed E-state index contributed by atoms with van der Waals surface area (Å²) in [5, 5.41) is 0.464. The third-order valence-electron chi connectivity index (χ3n) is 4.23. The average Bonchev–Trinajstić information content (AvgIpc) is 3.16. The lowest BCUT2D eigenvalue weighted by Crippen LogP contribution is -2.00. The number of aromatic nitrogens is 1. The number of hydrogen-bond donors (Lipinski definition) is 0. The lowest BCUT2D eigenvalue weighted by Gasteiger charge is -2.08. The molecule has 0 fully saturated rings. The first-order valence-corrected chi connectivity index (χ1v) is 8.97. The van der Waals surface area contributed by atoms with E-state index in [9.17, 15) is 4.79 Å². The fourth-order valence-corrected chi connectivity index (χ4v) is 3.01. The highest BCUT2D eigenvalue weighted by Gasteiger charge is 2.13. The number of hydrogen-bond acceptors (Lipinski definition) is 5. The van der Waals surface area contributed by atoms with E-state index in [0.29, 0.717) is 45.5 Å². The van der Waals surface area contributed by atoms with Crippen molar-refractivity contribution in [1.82, 2.24) is 4.98 Å². The molecule has 0 spiro atoms. The normalized spacial score (nSPS) is 10.8. The number of benzene rings is 3. The molecule has 140 valence electrons. The molecule has 0 atom stereocenters. The Kier molecular flexibility index (Phi) is 5.00. The van der Waals surface area contributed by atoms with E-state index < -0.39 is 5.97 Å². The molecule has 0 aliphatic heterocycles. The number of halogens is 1. The fourth-order valence-electron chi connectivity index (χ4n) is 2.78. The van der Waals surface area contributed by atoms with Crippen LogP contribution < -0.4 is 4.74 Å². The molecule has 3 aromatic carbocycles. The molecule has 5 nitrogen and oxygen atoms in total. The lowest BCUT2D eigenvalue weighted by atomic mass is 10.2. The van der Waals surface area contributed by atoms with Gasteiger partial charge in [-0.1, -0.05) is 41.9 Å². The minimum Gasteiger partial charge on any atom is -0.487 e. The highest BCUT2D eigenvalue weighted by Crippen LogP contribution is 2.32. The van der Waals surface area contributed by atoms with Gasteiger partial charge in [0.25, 0.3) is 0 Å². The van der Waals surface area contributed by atoms with Crippen LogP contribution in [0.25, 0.3) is 22.6 Å². The minimum atomic E-state index is -0.428. The first-order valence-electron chi connectivity index (χ1n) is 8.59. The smallest absolute Gasteiger partial charge is 0.337 e. The summed E-state index contributed by atoms with van der Waals surface area (Å²) in [5.74, 6) is 0.565. The molecule has 0 bridgehead atoms. The van der Waals surface area contributed by atoms with Gasteiger partial charge in [0.1, 0.15) is 17.9 Å². The Bertz CT molecular complexity index is 1140. The largest absolute Gasteiger partial charge is 0.487 e. The molecule has 0 aliphatic rings. The molecule has 6 heteroatoms. The molecule has 0 aliphatic carbocycles. The summed E-state index contributed by atoms with van der Waals surface area (Å²) in [4.78, 5) is 16.1. The number of rotatable bonds is 5. The minimum absolute atomic E-state index is 0.403. The maximum atomic E-state index is 11.7. The molecule has 28 heavy (non-hydrogen) atoms. The number of methoxy groups -OCH3 is 1. The van der Waals surface area contributed by atoms with Gasteiger partial charge in [-0.2, -0.15) is 0 Å². The van der Waals surface area contributed by atoms with Gasteiger partial charge in [0.15, 0.2) is 5.58 Å². The maximum absolute atomic E-state index is 11.7. The van der Waals surface area contributed by atoms with Crippen molar-refractivity contribution in [3.63, 3.8) is 0 Å². The molecule has 4 aromatic rings. The zero-order valence-corrected chi connectivity index (χ0v) is 15.8. The third-order valence-corrected chi connectivity index (χ3v) is 4.52. The molecule has 1 aromatic heterocycles. The van der Waals surface area contributed by atoms with Gasteiger partial charge >= 0.3 is 5.97 Å². The van der Waals surface area contributed by atoms with Crippen LogP contribution in [0.2, 0.25) is 5.02 Å². The standard InChI is InChI=1S/C22H16ClNO4/c1-26-22(25)16-7-9-18-20(12-16)28-21(24-18)15-8-10-19(17(23)11-15)27-13-14-5-3-2-4-6-14/h2-12H,13H2,1H3. The number of carbonyl (C=O) groups is 1. The molecule has 0 saturated heterocycles. The van der Waals surface area contributed by atoms with Crippen molar-refractivity contribution in [2.24, 2.45) is 0 Å². The Labute approximate surface area is 166 Å². The van der Waals surface area contributed by atoms with Gasteiger partial charge in [-0.25, -0.2) is 9.78 Å². The number of nitrogens with zero attached hydrogens (tertiary/aromatic N) is 1. The first-order chi connectivity index (χ1) is 13.6. The number of esters is 1. The van der Waals surface area contributed by atoms with Gasteiger partial charge in [-0.05, 0) is 42.0 Å². The first kappa shape index (κ1) is 18.1. The lowest BCUT2D eigenvalue weighted by molar-refractivity contribution is 0.0601. The third kappa shape index (κ3) is 3.70. The van der Waals surface area contributed by atoms with Crippen LogP contribution in [0, 0.1) is 0 Å². The van der Waals surface area contributed by atoms with E-state index in [-0.39, 0.29) is 0 Å². The molecule has 0 N–H and O–H groups in total. The predicted molar refractivity (Wildman–Crippen MR) is 107 cm³/mol. The van der Waals surface area contributed by atoms with Gasteiger partial charge in [-0.15, -0.1) is 0 Å². The topological polar surface area (TPSA) is 61.6 Å². The molecule has 0 saturated carbocycles. The summed E-state index contributed by atoms with van der Waals surface area (Å²) in [6, 6.07) is 20.2. The van der Waals surface area contributed by atoms with E-state index in [1.54, 1.807) is 30.3 Å². The van der Waals surface area contributed by atoms with E-state index in [1.807, 2.05) is 36.4 Å². The van der Waals surface area contributed by atoms with Crippen molar-refractivity contribution in [2.45, 2.75) is 6.61 Å². The van der Waals surface area contributed by atoms with Crippen molar-refractivity contribution in [3.8, 4) is 17.2 Å². The zero-order valence-electron chi connectivity index (χ0n) is 15.0. The number of fused-ring (bicyclic) bond motifs is 1. The second kappa shape index (κ2) is 7.74. The van der Waals surface area contributed by atoms with E-state index in [4.69, 9.17) is 25.5 Å². The Morgan fingerprint density at radius 3 is 2.64 bits per heavy atom. The Hall–Kier alpha value is -3.31. The molecule has 1 heterocycles. The second-order valence-corrected chi connectivity index (χ2v) is 6.52. The van der Waals surface area contributed by atoms with Crippen LogP contribution in [0.3, 0.4) is 0 Å². The van der Waals surface area contributed by atoms with Gasteiger partial charge in [-0.3, -0.25) is 0 Å². The molecule has 0 unspecified atom stereocenters. The van der Waals surface area contributed by atoms with Crippen LogP contribution in [0.5, 0.6) is 5.75 Å². The summed E-state index contributed by atoms with van der Waals surface area (Å²) < 4.78 is 16.3. The summed E-state index contributed by atoms with van der Waals surface area (Å²) in [6.45, 7) is 0.430. The Morgan fingerprint density at radius 1 is 1.07 bits per heavy atom. The van der Waals surface area contributed by atoms with Crippen molar-refractivity contribution >= 4 is 28.7 Å². The van der Waals surface area contributed by atoms with Crippen molar-refractivity contribution in [2.75, 3.05) is 7.11 Å². The second-order valence-electron chi connectivity index (χ2n) is 6.11. The fraction of sp³-hybridized carbons (Fsp3) is 0.0909. The molecule has 0 amide bonds. The maximum Gasteiger partial charge on any atom is 0.337 e. The van der Waals surface area contributed by atoms with Crippen LogP contribution in [0.15, 0.2) is 71.1 Å². The molecular formula is C22H16ClNO4. The van der Waals surface area contributed by atoms with Crippen LogP contribution in [-0.2, 0) is 11.3 Å². The average molecular weight is 394 g/mol. The predicted octanol–water partition coefficient (Wildman–Crippen LogP) is 5.51. The van der Waals surface area contributed by atoms with Gasteiger partial charge in [0.2, 0.25) is 5.89 Å². The van der Waals surface area contributed by atoms with E-state index in [2.05, 4.69) is 4.98 Å². The Balaban J connectivity index is 1.57. The number of ether oxygens (including phenoxy) is 2. The van der Waals surface area contributed by atoms with E-state index >= 15 is 0 Å².